The summed E-state index contributed by atoms with van der Waals surface area (Å²) in [6.07, 6.45) is 2.12. The van der Waals surface area contributed by atoms with Gasteiger partial charge in [0.1, 0.15) is 0 Å². The van der Waals surface area contributed by atoms with Crippen molar-refractivity contribution in [1.82, 2.24) is 10.2 Å². The highest BCUT2D eigenvalue weighted by Crippen LogP contribution is 2.31. The van der Waals surface area contributed by atoms with Crippen molar-refractivity contribution < 1.29 is 4.79 Å². The number of nitrogens with one attached hydrogen (secondary N) is 1. The SMILES string of the molecule is CC1(C)CCN(C(=O)[C@]2(C)CCN2)C1. The predicted octanol–water partition coefficient (Wildman–Crippen LogP) is 0.997. The minimum Gasteiger partial charge on any atom is -0.341 e. The third-order valence-electron chi connectivity index (χ3n) is 3.58. The monoisotopic (exact) mass is 196 g/mol. The molecule has 0 aromatic carbocycles. The molecule has 14 heavy (non-hydrogen) atoms. The molecule has 1 atom stereocenters. The van der Waals surface area contributed by atoms with Gasteiger partial charge in [-0.3, -0.25) is 4.79 Å². The molecule has 0 aromatic rings. The minimum absolute atomic E-state index is 0.250. The number of rotatable bonds is 1. The van der Waals surface area contributed by atoms with Crippen LogP contribution in [0.4, 0.5) is 0 Å². The molecule has 0 spiro atoms. The summed E-state index contributed by atoms with van der Waals surface area (Å²) in [5, 5.41) is 3.23. The van der Waals surface area contributed by atoms with Crippen LogP contribution in [0.1, 0.15) is 33.6 Å². The molecular weight excluding hydrogens is 176 g/mol. The molecule has 0 unspecified atom stereocenters. The molecule has 1 amide bonds. The largest absolute Gasteiger partial charge is 0.341 e. The Hall–Kier alpha value is -0.570. The molecule has 1 N–H and O–H groups in total. The molecule has 0 bridgehead atoms. The Kier molecular flexibility index (Phi) is 2.11. The highest BCUT2D eigenvalue weighted by Gasteiger charge is 2.44. The molecule has 2 aliphatic heterocycles. The van der Waals surface area contributed by atoms with E-state index in [4.69, 9.17) is 0 Å². The number of amides is 1. The quantitative estimate of drug-likeness (QED) is 0.678. The van der Waals surface area contributed by atoms with E-state index < -0.39 is 0 Å². The molecule has 0 radical (unpaired) electrons. The lowest BCUT2D eigenvalue weighted by molar-refractivity contribution is -0.139. The minimum atomic E-state index is -0.250. The van der Waals surface area contributed by atoms with Crippen LogP contribution in [0.2, 0.25) is 0 Å². The lowest BCUT2D eigenvalue weighted by Crippen LogP contribution is -2.64. The third kappa shape index (κ3) is 1.54. The average Bonchev–Trinajstić information content (AvgIpc) is 2.40. The van der Waals surface area contributed by atoms with Gasteiger partial charge in [-0.05, 0) is 31.7 Å². The van der Waals surface area contributed by atoms with Gasteiger partial charge in [-0.25, -0.2) is 0 Å². The van der Waals surface area contributed by atoms with E-state index in [0.29, 0.717) is 11.3 Å². The van der Waals surface area contributed by atoms with Gasteiger partial charge in [0.2, 0.25) is 5.91 Å². The summed E-state index contributed by atoms with van der Waals surface area (Å²) in [5.41, 5.74) is 0.0657. The first-order valence-electron chi connectivity index (χ1n) is 5.47. The van der Waals surface area contributed by atoms with Crippen LogP contribution in [0.15, 0.2) is 0 Å². The van der Waals surface area contributed by atoms with E-state index in [1.54, 1.807) is 0 Å². The van der Waals surface area contributed by atoms with Crippen LogP contribution >= 0.6 is 0 Å². The summed E-state index contributed by atoms with van der Waals surface area (Å²) in [7, 11) is 0. The predicted molar refractivity (Wildman–Crippen MR) is 56.0 cm³/mol. The summed E-state index contributed by atoms with van der Waals surface area (Å²) in [6, 6.07) is 0. The molecule has 0 aromatic heterocycles. The maximum atomic E-state index is 12.1. The molecule has 2 aliphatic rings. The molecule has 3 nitrogen and oxygen atoms in total. The van der Waals surface area contributed by atoms with Gasteiger partial charge in [-0.2, -0.15) is 0 Å². The molecule has 80 valence electrons. The van der Waals surface area contributed by atoms with E-state index in [-0.39, 0.29) is 5.54 Å². The maximum Gasteiger partial charge on any atom is 0.242 e. The Morgan fingerprint density at radius 1 is 1.29 bits per heavy atom. The Labute approximate surface area is 85.8 Å². The smallest absolute Gasteiger partial charge is 0.242 e. The maximum absolute atomic E-state index is 12.1. The van der Waals surface area contributed by atoms with Crippen molar-refractivity contribution in [3.63, 3.8) is 0 Å². The fourth-order valence-corrected chi connectivity index (χ4v) is 2.32. The van der Waals surface area contributed by atoms with Gasteiger partial charge in [-0.1, -0.05) is 13.8 Å². The second-order valence-corrected chi connectivity index (χ2v) is 5.65. The molecule has 0 saturated carbocycles. The van der Waals surface area contributed by atoms with Gasteiger partial charge in [0.25, 0.3) is 0 Å². The van der Waals surface area contributed by atoms with Crippen molar-refractivity contribution in [3.05, 3.63) is 0 Å². The normalized spacial score (nSPS) is 35.5. The number of hydrogen-bond acceptors (Lipinski definition) is 2. The first-order valence-corrected chi connectivity index (χ1v) is 5.47. The summed E-state index contributed by atoms with van der Waals surface area (Å²) in [5.74, 6) is 0.300. The number of carbonyl (C=O) groups is 1. The first kappa shape index (κ1) is 9.97. The molecule has 2 fully saturated rings. The molecular formula is C11H20N2O. The Bertz CT molecular complexity index is 256. The van der Waals surface area contributed by atoms with E-state index >= 15 is 0 Å². The second kappa shape index (κ2) is 2.96. The third-order valence-corrected chi connectivity index (χ3v) is 3.58. The average molecular weight is 196 g/mol. The highest BCUT2D eigenvalue weighted by atomic mass is 16.2. The lowest BCUT2D eigenvalue weighted by Gasteiger charge is -2.41. The lowest BCUT2D eigenvalue weighted by atomic mass is 9.88. The van der Waals surface area contributed by atoms with Gasteiger partial charge in [-0.15, -0.1) is 0 Å². The Morgan fingerprint density at radius 3 is 2.29 bits per heavy atom. The van der Waals surface area contributed by atoms with Crippen LogP contribution in [-0.4, -0.2) is 36.0 Å². The molecule has 0 aliphatic carbocycles. The number of carbonyl (C=O) groups excluding carboxylic acids is 1. The number of nitrogens with zero attached hydrogens (tertiary/aromatic N) is 1. The zero-order valence-electron chi connectivity index (χ0n) is 9.39. The van der Waals surface area contributed by atoms with Crippen molar-refractivity contribution in [3.8, 4) is 0 Å². The summed E-state index contributed by atoms with van der Waals surface area (Å²) < 4.78 is 0. The van der Waals surface area contributed by atoms with Gasteiger partial charge >= 0.3 is 0 Å². The highest BCUT2D eigenvalue weighted by molar-refractivity contribution is 5.87. The van der Waals surface area contributed by atoms with Crippen LogP contribution in [0.3, 0.4) is 0 Å². The fraction of sp³-hybridized carbons (Fsp3) is 0.909. The van der Waals surface area contributed by atoms with E-state index in [1.165, 1.54) is 0 Å². The zero-order valence-corrected chi connectivity index (χ0v) is 9.39. The summed E-state index contributed by atoms with van der Waals surface area (Å²) in [4.78, 5) is 14.1. The fourth-order valence-electron chi connectivity index (χ4n) is 2.32. The van der Waals surface area contributed by atoms with Crippen molar-refractivity contribution in [1.29, 1.82) is 0 Å². The van der Waals surface area contributed by atoms with Crippen molar-refractivity contribution in [2.24, 2.45) is 5.41 Å². The Balaban J connectivity index is 2.00. The first-order chi connectivity index (χ1) is 6.43. The van der Waals surface area contributed by atoms with Crippen molar-refractivity contribution in [2.45, 2.75) is 39.2 Å². The summed E-state index contributed by atoms with van der Waals surface area (Å²) in [6.45, 7) is 9.32. The zero-order chi connectivity index (χ0) is 10.4. The van der Waals surface area contributed by atoms with Crippen molar-refractivity contribution >= 4 is 5.91 Å². The van der Waals surface area contributed by atoms with Crippen LogP contribution in [0, 0.1) is 5.41 Å². The van der Waals surface area contributed by atoms with Crippen molar-refractivity contribution in [2.75, 3.05) is 19.6 Å². The van der Waals surface area contributed by atoms with Gasteiger partial charge in [0.15, 0.2) is 0 Å². The van der Waals surface area contributed by atoms with E-state index in [2.05, 4.69) is 19.2 Å². The van der Waals surface area contributed by atoms with Gasteiger partial charge in [0, 0.05) is 13.1 Å². The van der Waals surface area contributed by atoms with Gasteiger partial charge in [0.05, 0.1) is 5.54 Å². The number of hydrogen-bond donors (Lipinski definition) is 1. The van der Waals surface area contributed by atoms with E-state index in [0.717, 1.165) is 32.5 Å². The summed E-state index contributed by atoms with van der Waals surface area (Å²) >= 11 is 0. The number of likely N-dealkylation sites (tertiary alicyclic amines) is 1. The molecule has 2 rings (SSSR count). The second-order valence-electron chi connectivity index (χ2n) is 5.65. The molecule has 2 saturated heterocycles. The van der Waals surface area contributed by atoms with Crippen LogP contribution in [0.25, 0.3) is 0 Å². The topological polar surface area (TPSA) is 32.3 Å². The van der Waals surface area contributed by atoms with Gasteiger partial charge < -0.3 is 10.2 Å². The van der Waals surface area contributed by atoms with Crippen LogP contribution in [-0.2, 0) is 4.79 Å². The van der Waals surface area contributed by atoms with Crippen LogP contribution < -0.4 is 5.32 Å². The van der Waals surface area contributed by atoms with E-state index in [9.17, 15) is 4.79 Å². The standard InChI is InChI=1S/C11H20N2O/c1-10(2)5-7-13(8-10)9(14)11(3)4-6-12-11/h12H,4-8H2,1-3H3/t11-/m0/s1. The molecule has 2 heterocycles. The van der Waals surface area contributed by atoms with Crippen LogP contribution in [0.5, 0.6) is 0 Å². The molecule has 3 heteroatoms. The Morgan fingerprint density at radius 2 is 1.93 bits per heavy atom. The van der Waals surface area contributed by atoms with E-state index in [1.807, 2.05) is 11.8 Å².